The summed E-state index contributed by atoms with van der Waals surface area (Å²) >= 11 is 0. The molecule has 3 unspecified atom stereocenters. The summed E-state index contributed by atoms with van der Waals surface area (Å²) in [4.78, 5) is 23.7. The van der Waals surface area contributed by atoms with E-state index in [1.807, 2.05) is 0 Å². The van der Waals surface area contributed by atoms with Crippen LogP contribution in [0.4, 0.5) is 0 Å². The number of carboxylic acids is 1. The zero-order chi connectivity index (χ0) is 14.8. The third kappa shape index (κ3) is 2.66. The predicted molar refractivity (Wildman–Crippen MR) is 71.9 cm³/mol. The Morgan fingerprint density at radius 3 is 2.60 bits per heavy atom. The molecule has 0 spiro atoms. The highest BCUT2D eigenvalue weighted by Crippen LogP contribution is 2.28. The number of aliphatic carboxylic acids is 1. The van der Waals surface area contributed by atoms with Crippen LogP contribution in [0.1, 0.15) is 18.5 Å². The van der Waals surface area contributed by atoms with Crippen molar-refractivity contribution in [3.8, 4) is 0 Å². The monoisotopic (exact) mass is 278 g/mol. The Morgan fingerprint density at radius 1 is 1.45 bits per heavy atom. The van der Waals surface area contributed by atoms with E-state index in [0.29, 0.717) is 12.2 Å². The summed E-state index contributed by atoms with van der Waals surface area (Å²) in [5.74, 6) is -1.51. The molecule has 0 aromatic heterocycles. The molecule has 20 heavy (non-hydrogen) atoms. The zero-order valence-corrected chi connectivity index (χ0v) is 11.2. The van der Waals surface area contributed by atoms with Gasteiger partial charge in [0.2, 0.25) is 5.91 Å². The molecule has 1 aliphatic heterocycles. The van der Waals surface area contributed by atoms with E-state index in [1.54, 1.807) is 37.3 Å². The number of ether oxygens (including phenoxy) is 1. The van der Waals surface area contributed by atoms with E-state index in [4.69, 9.17) is 10.5 Å². The van der Waals surface area contributed by atoms with E-state index >= 15 is 0 Å². The van der Waals surface area contributed by atoms with Crippen LogP contribution in [0, 0.1) is 5.41 Å². The maximum absolute atomic E-state index is 12.3. The lowest BCUT2D eigenvalue weighted by Gasteiger charge is -2.27. The Balaban J connectivity index is 2.17. The Kier molecular flexibility index (Phi) is 4.06. The van der Waals surface area contributed by atoms with Crippen molar-refractivity contribution < 1.29 is 19.4 Å². The van der Waals surface area contributed by atoms with Crippen molar-refractivity contribution in [1.82, 2.24) is 5.32 Å². The number of nitrogens with two attached hydrogens (primary N) is 1. The van der Waals surface area contributed by atoms with Crippen LogP contribution in [0.2, 0.25) is 0 Å². The lowest BCUT2D eigenvalue weighted by Crippen LogP contribution is -2.51. The third-order valence-corrected chi connectivity index (χ3v) is 3.69. The molecule has 2 rings (SSSR count). The number of hydrogen-bond donors (Lipinski definition) is 3. The lowest BCUT2D eigenvalue weighted by atomic mass is 9.84. The first-order valence-corrected chi connectivity index (χ1v) is 6.37. The predicted octanol–water partition coefficient (Wildman–Crippen LogP) is 0.292. The quantitative estimate of drug-likeness (QED) is 0.735. The summed E-state index contributed by atoms with van der Waals surface area (Å²) in [6.07, 6.45) is 0. The summed E-state index contributed by atoms with van der Waals surface area (Å²) in [6, 6.07) is 7.03. The third-order valence-electron chi connectivity index (χ3n) is 3.69. The number of carbonyl (C=O) groups excluding carboxylic acids is 1. The second-order valence-corrected chi connectivity index (χ2v) is 5.19. The van der Waals surface area contributed by atoms with Gasteiger partial charge in [0, 0.05) is 6.04 Å². The first-order chi connectivity index (χ1) is 9.45. The maximum atomic E-state index is 12.3. The van der Waals surface area contributed by atoms with E-state index in [1.165, 1.54) is 0 Å². The summed E-state index contributed by atoms with van der Waals surface area (Å²) in [7, 11) is 0. The minimum Gasteiger partial charge on any atom is -0.479 e. The maximum Gasteiger partial charge on any atom is 0.330 e. The first kappa shape index (κ1) is 14.5. The minimum atomic E-state index is -1.11. The SMILES string of the molecule is CC1(C(=O)NC(C(=O)O)c2ccccc2)COCC1N. The van der Waals surface area contributed by atoms with Crippen LogP contribution in [0.25, 0.3) is 0 Å². The van der Waals surface area contributed by atoms with E-state index in [-0.39, 0.29) is 6.61 Å². The van der Waals surface area contributed by atoms with Crippen LogP contribution < -0.4 is 11.1 Å². The van der Waals surface area contributed by atoms with Gasteiger partial charge in [-0.3, -0.25) is 4.79 Å². The highest BCUT2D eigenvalue weighted by atomic mass is 16.5. The fourth-order valence-corrected chi connectivity index (χ4v) is 2.15. The van der Waals surface area contributed by atoms with Crippen molar-refractivity contribution in [1.29, 1.82) is 0 Å². The average Bonchev–Trinajstić information content (AvgIpc) is 2.77. The van der Waals surface area contributed by atoms with Crippen molar-refractivity contribution in [2.45, 2.75) is 19.0 Å². The van der Waals surface area contributed by atoms with E-state index in [9.17, 15) is 14.7 Å². The van der Waals surface area contributed by atoms with E-state index < -0.39 is 29.4 Å². The first-order valence-electron chi connectivity index (χ1n) is 6.37. The van der Waals surface area contributed by atoms with Gasteiger partial charge < -0.3 is 20.9 Å². The molecule has 1 saturated heterocycles. The Labute approximate surface area is 116 Å². The van der Waals surface area contributed by atoms with Gasteiger partial charge in [0.1, 0.15) is 0 Å². The van der Waals surface area contributed by atoms with Crippen LogP contribution in [0.5, 0.6) is 0 Å². The summed E-state index contributed by atoms with van der Waals surface area (Å²) in [5, 5.41) is 11.8. The molecule has 0 saturated carbocycles. The van der Waals surface area contributed by atoms with Crippen LogP contribution in [0.3, 0.4) is 0 Å². The van der Waals surface area contributed by atoms with Crippen molar-refractivity contribution in [2.24, 2.45) is 11.1 Å². The van der Waals surface area contributed by atoms with Crippen molar-refractivity contribution in [3.63, 3.8) is 0 Å². The normalized spacial score (nSPS) is 27.0. The van der Waals surface area contributed by atoms with Crippen LogP contribution in [0.15, 0.2) is 30.3 Å². The number of hydrogen-bond acceptors (Lipinski definition) is 4. The van der Waals surface area contributed by atoms with Gasteiger partial charge in [0.05, 0.1) is 18.6 Å². The Hall–Kier alpha value is -1.92. The fraction of sp³-hybridized carbons (Fsp3) is 0.429. The molecule has 4 N–H and O–H groups in total. The van der Waals surface area contributed by atoms with Gasteiger partial charge in [-0.1, -0.05) is 30.3 Å². The van der Waals surface area contributed by atoms with Gasteiger partial charge in [-0.2, -0.15) is 0 Å². The fourth-order valence-electron chi connectivity index (χ4n) is 2.15. The molecular weight excluding hydrogens is 260 g/mol. The van der Waals surface area contributed by atoms with E-state index in [2.05, 4.69) is 5.32 Å². The zero-order valence-electron chi connectivity index (χ0n) is 11.2. The number of nitrogens with one attached hydrogen (secondary N) is 1. The minimum absolute atomic E-state index is 0.196. The molecule has 0 bridgehead atoms. The summed E-state index contributed by atoms with van der Waals surface area (Å²) in [6.45, 7) is 2.18. The lowest BCUT2D eigenvalue weighted by molar-refractivity contribution is -0.144. The molecule has 1 amide bonds. The average molecular weight is 278 g/mol. The molecule has 6 nitrogen and oxygen atoms in total. The molecule has 3 atom stereocenters. The Morgan fingerprint density at radius 2 is 2.10 bits per heavy atom. The van der Waals surface area contributed by atoms with Gasteiger partial charge >= 0.3 is 5.97 Å². The largest absolute Gasteiger partial charge is 0.479 e. The molecule has 1 aliphatic rings. The molecule has 0 aliphatic carbocycles. The van der Waals surface area contributed by atoms with Crippen LogP contribution in [-0.4, -0.2) is 36.2 Å². The molecule has 6 heteroatoms. The van der Waals surface area contributed by atoms with Crippen molar-refractivity contribution in [3.05, 3.63) is 35.9 Å². The van der Waals surface area contributed by atoms with Gasteiger partial charge in [0.15, 0.2) is 6.04 Å². The molecule has 0 radical (unpaired) electrons. The topological polar surface area (TPSA) is 102 Å². The number of rotatable bonds is 4. The van der Waals surface area contributed by atoms with Gasteiger partial charge in [0.25, 0.3) is 0 Å². The van der Waals surface area contributed by atoms with Gasteiger partial charge in [-0.05, 0) is 12.5 Å². The number of carboxylic acid groups (broad SMARTS) is 1. The molecule has 1 heterocycles. The van der Waals surface area contributed by atoms with E-state index in [0.717, 1.165) is 0 Å². The molecular formula is C14H18N2O4. The second-order valence-electron chi connectivity index (χ2n) is 5.19. The number of carbonyl (C=O) groups is 2. The van der Waals surface area contributed by atoms with Crippen LogP contribution >= 0.6 is 0 Å². The highest BCUT2D eigenvalue weighted by molar-refractivity contribution is 5.88. The van der Waals surface area contributed by atoms with Crippen LogP contribution in [-0.2, 0) is 14.3 Å². The standard InChI is InChI=1S/C14H18N2O4/c1-14(8-20-7-10(14)15)13(19)16-11(12(17)18)9-5-3-2-4-6-9/h2-6,10-11H,7-8,15H2,1H3,(H,16,19)(H,17,18). The number of benzene rings is 1. The number of amides is 1. The molecule has 1 fully saturated rings. The molecule has 1 aromatic carbocycles. The second kappa shape index (κ2) is 5.60. The molecule has 108 valence electrons. The summed E-state index contributed by atoms with van der Waals surface area (Å²) < 4.78 is 5.21. The smallest absolute Gasteiger partial charge is 0.330 e. The van der Waals surface area contributed by atoms with Crippen molar-refractivity contribution in [2.75, 3.05) is 13.2 Å². The van der Waals surface area contributed by atoms with Crippen molar-refractivity contribution >= 4 is 11.9 Å². The summed E-state index contributed by atoms with van der Waals surface area (Å²) in [5.41, 5.74) is 5.49. The van der Waals surface area contributed by atoms with Gasteiger partial charge in [-0.25, -0.2) is 4.79 Å². The highest BCUT2D eigenvalue weighted by Gasteiger charge is 2.45. The molecule has 1 aromatic rings. The van der Waals surface area contributed by atoms with Gasteiger partial charge in [-0.15, -0.1) is 0 Å². The Bertz CT molecular complexity index is 505.